The van der Waals surface area contributed by atoms with Crippen molar-refractivity contribution in [1.29, 1.82) is 0 Å². The van der Waals surface area contributed by atoms with Crippen LogP contribution in [0.3, 0.4) is 0 Å². The van der Waals surface area contributed by atoms with E-state index in [0.717, 1.165) is 36.8 Å². The Balaban J connectivity index is 1.53. The quantitative estimate of drug-likeness (QED) is 0.271. The summed E-state index contributed by atoms with van der Waals surface area (Å²) >= 11 is 7.71. The number of hydrogen-bond acceptors (Lipinski definition) is 6. The molecule has 0 atom stereocenters. The lowest BCUT2D eigenvalue weighted by atomic mass is 10.2. The van der Waals surface area contributed by atoms with E-state index in [2.05, 4.69) is 20.1 Å². The molecular weight excluding hydrogens is 450 g/mol. The number of benzene rings is 2. The SMILES string of the molecule is Cc1ccc([N+](=O)[O-])cc1NC(=O)CSc1nnc(-c2ccccc2Cl)n1C1CCCC1. The smallest absolute Gasteiger partial charge is 0.271 e. The number of halogens is 1. The van der Waals surface area contributed by atoms with E-state index in [9.17, 15) is 14.9 Å². The molecule has 2 aromatic carbocycles. The van der Waals surface area contributed by atoms with Gasteiger partial charge in [0.2, 0.25) is 5.91 Å². The van der Waals surface area contributed by atoms with Gasteiger partial charge in [0.05, 0.1) is 21.4 Å². The summed E-state index contributed by atoms with van der Waals surface area (Å²) in [6, 6.07) is 12.2. The second kappa shape index (κ2) is 9.70. The molecule has 1 aromatic heterocycles. The zero-order chi connectivity index (χ0) is 22.7. The molecule has 1 fully saturated rings. The third kappa shape index (κ3) is 4.78. The van der Waals surface area contributed by atoms with Gasteiger partial charge >= 0.3 is 0 Å². The molecule has 1 aliphatic rings. The maximum absolute atomic E-state index is 12.6. The van der Waals surface area contributed by atoms with Gasteiger partial charge in [0.15, 0.2) is 11.0 Å². The summed E-state index contributed by atoms with van der Waals surface area (Å²) in [4.78, 5) is 23.1. The van der Waals surface area contributed by atoms with Crippen LogP contribution < -0.4 is 5.32 Å². The number of rotatable bonds is 7. The first kappa shape index (κ1) is 22.3. The van der Waals surface area contributed by atoms with Gasteiger partial charge in [-0.05, 0) is 37.5 Å². The molecule has 3 aromatic rings. The fourth-order valence-corrected chi connectivity index (χ4v) is 4.89. The van der Waals surface area contributed by atoms with Crippen molar-refractivity contribution in [3.63, 3.8) is 0 Å². The van der Waals surface area contributed by atoms with Crippen molar-refractivity contribution < 1.29 is 9.72 Å². The first-order valence-electron chi connectivity index (χ1n) is 10.3. The molecule has 1 saturated carbocycles. The van der Waals surface area contributed by atoms with Crippen LogP contribution in [0, 0.1) is 17.0 Å². The summed E-state index contributed by atoms with van der Waals surface area (Å²) in [5.74, 6) is 0.550. The number of non-ortho nitro benzene ring substituents is 1. The second-order valence-electron chi connectivity index (χ2n) is 7.69. The molecule has 1 aliphatic carbocycles. The van der Waals surface area contributed by atoms with E-state index in [1.165, 1.54) is 23.9 Å². The highest BCUT2D eigenvalue weighted by Crippen LogP contribution is 2.38. The van der Waals surface area contributed by atoms with Crippen LogP contribution in [-0.2, 0) is 4.79 Å². The summed E-state index contributed by atoms with van der Waals surface area (Å²) in [6.45, 7) is 1.79. The Hall–Kier alpha value is -2.91. The molecule has 0 aliphatic heterocycles. The molecular formula is C22H22ClN5O3S. The fourth-order valence-electron chi connectivity index (χ4n) is 3.87. The number of nitro groups is 1. The number of carbonyl (C=O) groups is 1. The number of anilines is 1. The predicted octanol–water partition coefficient (Wildman–Crippen LogP) is 5.66. The number of amides is 1. The molecule has 8 nitrogen and oxygen atoms in total. The van der Waals surface area contributed by atoms with Crippen molar-refractivity contribution in [3.05, 3.63) is 63.2 Å². The summed E-state index contributed by atoms with van der Waals surface area (Å²) in [7, 11) is 0. The monoisotopic (exact) mass is 471 g/mol. The fraction of sp³-hybridized carbons (Fsp3) is 0.318. The maximum atomic E-state index is 12.6. The van der Waals surface area contributed by atoms with Gasteiger partial charge in [-0.25, -0.2) is 0 Å². The van der Waals surface area contributed by atoms with Crippen LogP contribution in [0.2, 0.25) is 5.02 Å². The number of nitrogens with one attached hydrogen (secondary N) is 1. The van der Waals surface area contributed by atoms with Gasteiger partial charge in [0.25, 0.3) is 5.69 Å². The van der Waals surface area contributed by atoms with Crippen molar-refractivity contribution in [2.45, 2.75) is 43.8 Å². The summed E-state index contributed by atoms with van der Waals surface area (Å²) < 4.78 is 2.10. The van der Waals surface area contributed by atoms with Crippen LogP contribution >= 0.6 is 23.4 Å². The molecule has 1 amide bonds. The van der Waals surface area contributed by atoms with Crippen LogP contribution in [-0.4, -0.2) is 31.3 Å². The average molecular weight is 472 g/mol. The van der Waals surface area contributed by atoms with Crippen LogP contribution in [0.1, 0.15) is 37.3 Å². The highest BCUT2D eigenvalue weighted by Gasteiger charge is 2.26. The Labute approximate surface area is 194 Å². The Bertz CT molecular complexity index is 1160. The molecule has 1 heterocycles. The van der Waals surface area contributed by atoms with E-state index in [4.69, 9.17) is 11.6 Å². The third-order valence-electron chi connectivity index (χ3n) is 5.51. The van der Waals surface area contributed by atoms with E-state index >= 15 is 0 Å². The third-order valence-corrected chi connectivity index (χ3v) is 6.78. The lowest BCUT2D eigenvalue weighted by Gasteiger charge is -2.17. The number of thioether (sulfide) groups is 1. The highest BCUT2D eigenvalue weighted by molar-refractivity contribution is 7.99. The van der Waals surface area contributed by atoms with Crippen LogP contribution in [0.4, 0.5) is 11.4 Å². The van der Waals surface area contributed by atoms with Crippen LogP contribution in [0.15, 0.2) is 47.6 Å². The number of hydrogen-bond donors (Lipinski definition) is 1. The second-order valence-corrected chi connectivity index (χ2v) is 9.04. The summed E-state index contributed by atoms with van der Waals surface area (Å²) in [6.07, 6.45) is 4.34. The van der Waals surface area contributed by atoms with Gasteiger partial charge < -0.3 is 5.32 Å². The number of aromatic nitrogens is 3. The molecule has 0 spiro atoms. The molecule has 32 heavy (non-hydrogen) atoms. The highest BCUT2D eigenvalue weighted by atomic mass is 35.5. The Morgan fingerprint density at radius 1 is 1.25 bits per heavy atom. The minimum atomic E-state index is -0.482. The van der Waals surface area contributed by atoms with Gasteiger partial charge in [-0.1, -0.05) is 54.4 Å². The lowest BCUT2D eigenvalue weighted by molar-refractivity contribution is -0.384. The van der Waals surface area contributed by atoms with E-state index in [-0.39, 0.29) is 23.4 Å². The minimum absolute atomic E-state index is 0.0658. The van der Waals surface area contributed by atoms with Crippen molar-refractivity contribution >= 4 is 40.6 Å². The Morgan fingerprint density at radius 3 is 2.72 bits per heavy atom. The zero-order valence-electron chi connectivity index (χ0n) is 17.5. The Kier molecular flexibility index (Phi) is 6.76. The van der Waals surface area contributed by atoms with Gasteiger partial charge in [-0.15, -0.1) is 10.2 Å². The van der Waals surface area contributed by atoms with Crippen LogP contribution in [0.25, 0.3) is 11.4 Å². The largest absolute Gasteiger partial charge is 0.325 e. The predicted molar refractivity (Wildman–Crippen MR) is 125 cm³/mol. The lowest BCUT2D eigenvalue weighted by Crippen LogP contribution is -2.16. The average Bonchev–Trinajstić information content (AvgIpc) is 3.43. The minimum Gasteiger partial charge on any atom is -0.325 e. The van der Waals surface area contributed by atoms with Gasteiger partial charge in [-0.3, -0.25) is 19.5 Å². The molecule has 10 heteroatoms. The van der Waals surface area contributed by atoms with E-state index < -0.39 is 4.92 Å². The molecule has 0 radical (unpaired) electrons. The summed E-state index contributed by atoms with van der Waals surface area (Å²) in [5.41, 5.74) is 1.93. The number of nitro benzene ring substituents is 1. The number of carbonyl (C=O) groups excluding carboxylic acids is 1. The van der Waals surface area contributed by atoms with Gasteiger partial charge in [-0.2, -0.15) is 0 Å². The van der Waals surface area contributed by atoms with Gasteiger partial charge in [0, 0.05) is 23.7 Å². The molecule has 0 unspecified atom stereocenters. The molecule has 1 N–H and O–H groups in total. The van der Waals surface area contributed by atoms with Gasteiger partial charge in [0.1, 0.15) is 0 Å². The topological polar surface area (TPSA) is 103 Å². The number of nitrogens with zero attached hydrogens (tertiary/aromatic N) is 4. The molecule has 166 valence electrons. The van der Waals surface area contributed by atoms with Crippen molar-refractivity contribution in [3.8, 4) is 11.4 Å². The van der Waals surface area contributed by atoms with E-state index in [1.54, 1.807) is 13.0 Å². The van der Waals surface area contributed by atoms with E-state index in [0.29, 0.717) is 21.7 Å². The van der Waals surface area contributed by atoms with Crippen molar-refractivity contribution in [2.24, 2.45) is 0 Å². The number of aryl methyl sites for hydroxylation is 1. The molecule has 0 saturated heterocycles. The van der Waals surface area contributed by atoms with Crippen molar-refractivity contribution in [1.82, 2.24) is 14.8 Å². The molecule has 4 rings (SSSR count). The standard InChI is InChI=1S/C22H22ClN5O3S/c1-14-10-11-16(28(30)31)12-19(14)24-20(29)13-32-22-26-25-21(17-8-4-5-9-18(17)23)27(22)15-6-2-3-7-15/h4-5,8-12,15H,2-3,6-7,13H2,1H3,(H,24,29). The van der Waals surface area contributed by atoms with E-state index in [1.807, 2.05) is 24.3 Å². The Morgan fingerprint density at radius 2 is 2.00 bits per heavy atom. The first-order chi connectivity index (χ1) is 15.4. The normalized spacial score (nSPS) is 13.9. The summed E-state index contributed by atoms with van der Waals surface area (Å²) in [5, 5.41) is 23.8. The maximum Gasteiger partial charge on any atom is 0.271 e. The van der Waals surface area contributed by atoms with Crippen molar-refractivity contribution in [2.75, 3.05) is 11.1 Å². The zero-order valence-corrected chi connectivity index (χ0v) is 19.0. The molecule has 0 bridgehead atoms. The van der Waals surface area contributed by atoms with Crippen LogP contribution in [0.5, 0.6) is 0 Å². The first-order valence-corrected chi connectivity index (χ1v) is 11.7.